The summed E-state index contributed by atoms with van der Waals surface area (Å²) in [6.45, 7) is 2.12. The van der Waals surface area contributed by atoms with Crippen LogP contribution < -0.4 is 10.6 Å². The summed E-state index contributed by atoms with van der Waals surface area (Å²) < 4.78 is 0.917. The van der Waals surface area contributed by atoms with Crippen LogP contribution in [-0.4, -0.2) is 23.1 Å². The zero-order valence-corrected chi connectivity index (χ0v) is 12.8. The molecule has 0 radical (unpaired) electrons. The summed E-state index contributed by atoms with van der Waals surface area (Å²) in [6, 6.07) is 0. The second-order valence-corrected chi connectivity index (χ2v) is 6.43. The molecule has 2 heterocycles. The molecular formula is C14H21BrN4. The summed E-state index contributed by atoms with van der Waals surface area (Å²) in [5, 5.41) is 0. The van der Waals surface area contributed by atoms with Crippen molar-refractivity contribution in [1.29, 1.82) is 0 Å². The third-order valence-corrected chi connectivity index (χ3v) is 5.08. The molecule has 0 atom stereocenters. The first-order valence-corrected chi connectivity index (χ1v) is 8.13. The molecule has 2 N–H and O–H groups in total. The summed E-state index contributed by atoms with van der Waals surface area (Å²) in [5.41, 5.74) is 7.20. The average Bonchev–Trinajstić information content (AvgIpc) is 2.96. The van der Waals surface area contributed by atoms with Crippen LogP contribution in [0.3, 0.4) is 0 Å². The predicted octanol–water partition coefficient (Wildman–Crippen LogP) is 3.47. The molecule has 0 unspecified atom stereocenters. The van der Waals surface area contributed by atoms with Crippen LogP contribution >= 0.6 is 15.9 Å². The molecule has 1 aliphatic carbocycles. The number of hydrogen-bond donors (Lipinski definition) is 1. The average molecular weight is 325 g/mol. The lowest BCUT2D eigenvalue weighted by molar-refractivity contribution is 0.565. The fraction of sp³-hybridized carbons (Fsp3) is 0.714. The topological polar surface area (TPSA) is 55.0 Å². The van der Waals surface area contributed by atoms with Crippen molar-refractivity contribution in [2.45, 2.75) is 50.9 Å². The minimum atomic E-state index is 0.559. The minimum Gasteiger partial charge on any atom is -0.383 e. The van der Waals surface area contributed by atoms with Gasteiger partial charge in [0.2, 0.25) is 5.95 Å². The van der Waals surface area contributed by atoms with Gasteiger partial charge in [-0.2, -0.15) is 4.98 Å². The van der Waals surface area contributed by atoms with E-state index in [0.29, 0.717) is 11.7 Å². The highest BCUT2D eigenvalue weighted by Crippen LogP contribution is 2.39. The Kier molecular flexibility index (Phi) is 3.91. The van der Waals surface area contributed by atoms with Crippen LogP contribution in [0.5, 0.6) is 0 Å². The first-order chi connectivity index (χ1) is 9.25. The van der Waals surface area contributed by atoms with E-state index in [4.69, 9.17) is 10.7 Å². The quantitative estimate of drug-likeness (QED) is 0.905. The lowest BCUT2D eigenvalue weighted by Crippen LogP contribution is -2.31. The number of nitrogens with zero attached hydrogens (tertiary/aromatic N) is 3. The van der Waals surface area contributed by atoms with Gasteiger partial charge in [0.1, 0.15) is 5.82 Å². The van der Waals surface area contributed by atoms with Gasteiger partial charge in [0.25, 0.3) is 0 Å². The van der Waals surface area contributed by atoms with Gasteiger partial charge >= 0.3 is 0 Å². The highest BCUT2D eigenvalue weighted by molar-refractivity contribution is 9.10. The number of halogens is 1. The van der Waals surface area contributed by atoms with Crippen LogP contribution in [0, 0.1) is 0 Å². The molecule has 0 amide bonds. The van der Waals surface area contributed by atoms with Crippen molar-refractivity contribution in [3.63, 3.8) is 0 Å². The number of anilines is 2. The third-order valence-electron chi connectivity index (χ3n) is 4.27. The Morgan fingerprint density at radius 2 is 1.68 bits per heavy atom. The summed E-state index contributed by atoms with van der Waals surface area (Å²) in [6.07, 6.45) is 8.86. The Bertz CT molecular complexity index is 451. The van der Waals surface area contributed by atoms with Crippen molar-refractivity contribution in [2.75, 3.05) is 23.7 Å². The molecule has 1 aromatic heterocycles. The molecule has 2 aliphatic rings. The molecule has 0 aromatic carbocycles. The van der Waals surface area contributed by atoms with E-state index in [1.165, 1.54) is 44.9 Å². The maximum Gasteiger partial charge on any atom is 0.227 e. The minimum absolute atomic E-state index is 0.559. The zero-order valence-electron chi connectivity index (χ0n) is 11.2. The molecule has 1 saturated heterocycles. The number of hydrogen-bond acceptors (Lipinski definition) is 4. The number of nitrogens with two attached hydrogens (primary N) is 1. The maximum atomic E-state index is 6.07. The molecule has 1 aliphatic heterocycles. The first kappa shape index (κ1) is 13.2. The van der Waals surface area contributed by atoms with Crippen molar-refractivity contribution in [3.8, 4) is 0 Å². The standard InChI is InChI=1S/C14H21BrN4/c15-11-12(10-6-2-3-7-10)17-14(18-13(11)16)19-8-4-1-5-9-19/h10H,1-9H2,(H2,16,17,18). The molecular weight excluding hydrogens is 304 g/mol. The van der Waals surface area contributed by atoms with Gasteiger partial charge in [0.05, 0.1) is 10.2 Å². The second-order valence-electron chi connectivity index (χ2n) is 5.64. The van der Waals surface area contributed by atoms with Crippen molar-refractivity contribution < 1.29 is 0 Å². The van der Waals surface area contributed by atoms with Gasteiger partial charge in [-0.3, -0.25) is 0 Å². The van der Waals surface area contributed by atoms with Crippen molar-refractivity contribution in [1.82, 2.24) is 9.97 Å². The fourth-order valence-corrected chi connectivity index (χ4v) is 3.68. The second kappa shape index (κ2) is 5.65. The lowest BCUT2D eigenvalue weighted by Gasteiger charge is -2.27. The van der Waals surface area contributed by atoms with Crippen LogP contribution in [0.25, 0.3) is 0 Å². The van der Waals surface area contributed by atoms with Crippen LogP contribution in [0.4, 0.5) is 11.8 Å². The van der Waals surface area contributed by atoms with Crippen LogP contribution in [0.1, 0.15) is 56.6 Å². The van der Waals surface area contributed by atoms with Gasteiger partial charge in [-0.1, -0.05) is 12.8 Å². The highest BCUT2D eigenvalue weighted by atomic mass is 79.9. The molecule has 4 nitrogen and oxygen atoms in total. The van der Waals surface area contributed by atoms with E-state index < -0.39 is 0 Å². The normalized spacial score (nSPS) is 21.0. The summed E-state index contributed by atoms with van der Waals surface area (Å²) >= 11 is 3.58. The van der Waals surface area contributed by atoms with E-state index in [0.717, 1.165) is 29.2 Å². The van der Waals surface area contributed by atoms with Crippen LogP contribution in [0.2, 0.25) is 0 Å². The molecule has 1 saturated carbocycles. The van der Waals surface area contributed by atoms with Gasteiger partial charge in [0, 0.05) is 19.0 Å². The Morgan fingerprint density at radius 3 is 2.37 bits per heavy atom. The predicted molar refractivity (Wildman–Crippen MR) is 81.4 cm³/mol. The van der Waals surface area contributed by atoms with E-state index in [1.54, 1.807) is 0 Å². The Balaban J connectivity index is 1.92. The van der Waals surface area contributed by atoms with Gasteiger partial charge in [-0.25, -0.2) is 4.98 Å². The Morgan fingerprint density at radius 1 is 1.00 bits per heavy atom. The Hall–Kier alpha value is -0.840. The third kappa shape index (κ3) is 2.71. The summed E-state index contributed by atoms with van der Waals surface area (Å²) in [5.74, 6) is 1.99. The molecule has 5 heteroatoms. The molecule has 3 rings (SSSR count). The molecule has 104 valence electrons. The molecule has 1 aromatic rings. The smallest absolute Gasteiger partial charge is 0.227 e. The number of rotatable bonds is 2. The monoisotopic (exact) mass is 324 g/mol. The lowest BCUT2D eigenvalue weighted by atomic mass is 10.0. The van der Waals surface area contributed by atoms with Crippen molar-refractivity contribution in [3.05, 3.63) is 10.2 Å². The molecule has 0 bridgehead atoms. The van der Waals surface area contributed by atoms with Gasteiger partial charge in [0.15, 0.2) is 0 Å². The van der Waals surface area contributed by atoms with Gasteiger partial charge < -0.3 is 10.6 Å². The van der Waals surface area contributed by atoms with Crippen LogP contribution in [-0.2, 0) is 0 Å². The van der Waals surface area contributed by atoms with Crippen LogP contribution in [0.15, 0.2) is 4.47 Å². The molecule has 2 fully saturated rings. The van der Waals surface area contributed by atoms with Gasteiger partial charge in [-0.05, 0) is 48.0 Å². The van der Waals surface area contributed by atoms with E-state index in [1.807, 2.05) is 0 Å². The number of nitrogen functional groups attached to an aromatic ring is 1. The van der Waals surface area contributed by atoms with E-state index in [-0.39, 0.29) is 0 Å². The van der Waals surface area contributed by atoms with E-state index in [2.05, 4.69) is 25.8 Å². The number of aromatic nitrogens is 2. The summed E-state index contributed by atoms with van der Waals surface area (Å²) in [4.78, 5) is 11.6. The number of piperidine rings is 1. The molecule has 19 heavy (non-hydrogen) atoms. The fourth-order valence-electron chi connectivity index (χ4n) is 3.17. The maximum absolute atomic E-state index is 6.07. The van der Waals surface area contributed by atoms with E-state index >= 15 is 0 Å². The largest absolute Gasteiger partial charge is 0.383 e. The zero-order chi connectivity index (χ0) is 13.2. The van der Waals surface area contributed by atoms with Crippen molar-refractivity contribution in [2.24, 2.45) is 0 Å². The van der Waals surface area contributed by atoms with Crippen molar-refractivity contribution >= 4 is 27.7 Å². The highest BCUT2D eigenvalue weighted by Gasteiger charge is 2.24. The Labute approximate surface area is 122 Å². The van der Waals surface area contributed by atoms with E-state index in [9.17, 15) is 0 Å². The van der Waals surface area contributed by atoms with Gasteiger partial charge in [-0.15, -0.1) is 0 Å². The summed E-state index contributed by atoms with van der Waals surface area (Å²) in [7, 11) is 0. The molecule has 0 spiro atoms. The first-order valence-electron chi connectivity index (χ1n) is 7.33. The SMILES string of the molecule is Nc1nc(N2CCCCC2)nc(C2CCCC2)c1Br.